The Kier molecular flexibility index (Phi) is 4.77. The summed E-state index contributed by atoms with van der Waals surface area (Å²) in [6.07, 6.45) is 0. The van der Waals surface area contributed by atoms with E-state index in [1.807, 2.05) is 29.6 Å². The zero-order valence-corrected chi connectivity index (χ0v) is 13.9. The van der Waals surface area contributed by atoms with Crippen LogP contribution in [0, 0.1) is 0 Å². The van der Waals surface area contributed by atoms with Crippen LogP contribution in [0.2, 0.25) is 0 Å². The molecular weight excluding hydrogens is 324 g/mol. The summed E-state index contributed by atoms with van der Waals surface area (Å²) in [4.78, 5) is 16.0. The fourth-order valence-electron chi connectivity index (χ4n) is 2.21. The van der Waals surface area contributed by atoms with E-state index in [2.05, 4.69) is 4.98 Å². The number of hydrogen-bond acceptors (Lipinski definition) is 5. The van der Waals surface area contributed by atoms with Gasteiger partial charge in [-0.2, -0.15) is 0 Å². The molecule has 3 aromatic rings. The Morgan fingerprint density at radius 3 is 2.83 bits per heavy atom. The van der Waals surface area contributed by atoms with Crippen molar-refractivity contribution in [3.8, 4) is 22.1 Å². The van der Waals surface area contributed by atoms with Gasteiger partial charge in [0.05, 0.1) is 18.4 Å². The molecule has 1 aromatic heterocycles. The maximum atomic E-state index is 11.4. The van der Waals surface area contributed by atoms with Crippen LogP contribution in [0.1, 0.15) is 16.1 Å². The normalized spacial score (nSPS) is 10.4. The number of ether oxygens (including phenoxy) is 2. The van der Waals surface area contributed by atoms with Crippen molar-refractivity contribution in [1.82, 2.24) is 4.98 Å². The second-order valence-corrected chi connectivity index (χ2v) is 5.88. The second-order valence-electron chi connectivity index (χ2n) is 5.03. The lowest BCUT2D eigenvalue weighted by Crippen LogP contribution is -2.12. The highest BCUT2D eigenvalue weighted by Gasteiger charge is 2.10. The third-order valence-corrected chi connectivity index (χ3v) is 4.34. The van der Waals surface area contributed by atoms with Gasteiger partial charge < -0.3 is 15.2 Å². The van der Waals surface area contributed by atoms with Crippen LogP contribution >= 0.6 is 11.3 Å². The Morgan fingerprint density at radius 2 is 2.04 bits per heavy atom. The Hall–Kier alpha value is -2.86. The van der Waals surface area contributed by atoms with Crippen molar-refractivity contribution in [2.45, 2.75) is 6.61 Å². The van der Waals surface area contributed by atoms with Crippen molar-refractivity contribution in [3.63, 3.8) is 0 Å². The lowest BCUT2D eigenvalue weighted by Gasteiger charge is -2.07. The number of carbonyl (C=O) groups excluding carboxylic acids is 1. The molecule has 2 aromatic carbocycles. The summed E-state index contributed by atoms with van der Waals surface area (Å²) in [5.74, 6) is 0.734. The fraction of sp³-hybridized carbons (Fsp3) is 0.111. The third-order valence-electron chi connectivity index (χ3n) is 3.40. The SMILES string of the molecule is COc1cccc(-c2nc(COc3ccccc3C(N)=O)cs2)c1. The molecule has 6 heteroatoms. The lowest BCUT2D eigenvalue weighted by molar-refractivity contribution is 0.0996. The van der Waals surface area contributed by atoms with E-state index in [0.717, 1.165) is 22.0 Å². The first-order valence-corrected chi connectivity index (χ1v) is 8.16. The van der Waals surface area contributed by atoms with Gasteiger partial charge in [0.1, 0.15) is 23.1 Å². The summed E-state index contributed by atoms with van der Waals surface area (Å²) in [5, 5.41) is 2.82. The maximum Gasteiger partial charge on any atom is 0.252 e. The quantitative estimate of drug-likeness (QED) is 0.745. The third kappa shape index (κ3) is 3.55. The predicted octanol–water partition coefficient (Wildman–Crippen LogP) is 3.50. The van der Waals surface area contributed by atoms with E-state index in [4.69, 9.17) is 15.2 Å². The summed E-state index contributed by atoms with van der Waals surface area (Å²) in [6, 6.07) is 14.6. The highest BCUT2D eigenvalue weighted by atomic mass is 32.1. The predicted molar refractivity (Wildman–Crippen MR) is 93.4 cm³/mol. The van der Waals surface area contributed by atoms with E-state index < -0.39 is 5.91 Å². The van der Waals surface area contributed by atoms with Crippen LogP contribution in [-0.2, 0) is 6.61 Å². The Labute approximate surface area is 143 Å². The monoisotopic (exact) mass is 340 g/mol. The number of para-hydroxylation sites is 1. The zero-order valence-electron chi connectivity index (χ0n) is 13.1. The summed E-state index contributed by atoms with van der Waals surface area (Å²) in [5.41, 5.74) is 7.49. The number of carbonyl (C=O) groups is 1. The number of hydrogen-bond donors (Lipinski definition) is 1. The molecule has 0 saturated carbocycles. The number of aromatic nitrogens is 1. The van der Waals surface area contributed by atoms with Gasteiger partial charge in [0.2, 0.25) is 0 Å². The summed E-state index contributed by atoms with van der Waals surface area (Å²) < 4.78 is 10.9. The van der Waals surface area contributed by atoms with Gasteiger partial charge in [-0.25, -0.2) is 4.98 Å². The molecule has 5 nitrogen and oxygen atoms in total. The van der Waals surface area contributed by atoms with Crippen LogP contribution in [0.5, 0.6) is 11.5 Å². The number of benzene rings is 2. The fourth-order valence-corrected chi connectivity index (χ4v) is 3.01. The first-order valence-electron chi connectivity index (χ1n) is 7.28. The van der Waals surface area contributed by atoms with Gasteiger partial charge in [0, 0.05) is 10.9 Å². The van der Waals surface area contributed by atoms with Crippen LogP contribution in [0.15, 0.2) is 53.9 Å². The topological polar surface area (TPSA) is 74.4 Å². The molecule has 0 radical (unpaired) electrons. The minimum atomic E-state index is -0.513. The molecule has 2 N–H and O–H groups in total. The molecule has 0 unspecified atom stereocenters. The first kappa shape index (κ1) is 16.0. The molecule has 1 amide bonds. The van der Waals surface area contributed by atoms with Crippen LogP contribution in [0.4, 0.5) is 0 Å². The number of primary amides is 1. The van der Waals surface area contributed by atoms with E-state index in [1.165, 1.54) is 11.3 Å². The standard InChI is InChI=1S/C18H16N2O3S/c1-22-14-6-4-5-12(9-14)18-20-13(11-24-18)10-23-16-8-3-2-7-15(16)17(19)21/h2-9,11H,10H2,1H3,(H2,19,21). The minimum absolute atomic E-state index is 0.269. The largest absolute Gasteiger partial charge is 0.497 e. The number of methoxy groups -OCH3 is 1. The van der Waals surface area contributed by atoms with Crippen LogP contribution < -0.4 is 15.2 Å². The van der Waals surface area contributed by atoms with E-state index in [-0.39, 0.29) is 6.61 Å². The molecule has 0 bridgehead atoms. The molecule has 24 heavy (non-hydrogen) atoms. The van der Waals surface area contributed by atoms with Gasteiger partial charge in [-0.05, 0) is 24.3 Å². The van der Waals surface area contributed by atoms with Crippen LogP contribution in [-0.4, -0.2) is 18.0 Å². The number of amides is 1. The van der Waals surface area contributed by atoms with Gasteiger partial charge in [0.15, 0.2) is 0 Å². The molecule has 0 spiro atoms. The Morgan fingerprint density at radius 1 is 1.21 bits per heavy atom. The van der Waals surface area contributed by atoms with Crippen molar-refractivity contribution in [2.75, 3.05) is 7.11 Å². The smallest absolute Gasteiger partial charge is 0.252 e. The molecule has 0 aliphatic heterocycles. The highest BCUT2D eigenvalue weighted by molar-refractivity contribution is 7.13. The van der Waals surface area contributed by atoms with E-state index in [1.54, 1.807) is 31.4 Å². The Bertz CT molecular complexity index is 861. The maximum absolute atomic E-state index is 11.4. The van der Waals surface area contributed by atoms with E-state index in [9.17, 15) is 4.79 Å². The number of rotatable bonds is 6. The van der Waals surface area contributed by atoms with Gasteiger partial charge in [-0.15, -0.1) is 11.3 Å². The summed E-state index contributed by atoms with van der Waals surface area (Å²) in [6.45, 7) is 0.269. The van der Waals surface area contributed by atoms with Gasteiger partial charge in [-0.1, -0.05) is 24.3 Å². The molecule has 1 heterocycles. The first-order chi connectivity index (χ1) is 11.7. The number of nitrogens with two attached hydrogens (primary N) is 1. The lowest BCUT2D eigenvalue weighted by atomic mass is 10.2. The highest BCUT2D eigenvalue weighted by Crippen LogP contribution is 2.27. The molecule has 0 aliphatic rings. The second kappa shape index (κ2) is 7.14. The van der Waals surface area contributed by atoms with E-state index >= 15 is 0 Å². The number of nitrogens with zero attached hydrogens (tertiary/aromatic N) is 1. The van der Waals surface area contributed by atoms with Crippen molar-refractivity contribution in [1.29, 1.82) is 0 Å². The Balaban J connectivity index is 1.74. The van der Waals surface area contributed by atoms with E-state index in [0.29, 0.717) is 11.3 Å². The summed E-state index contributed by atoms with van der Waals surface area (Å²) in [7, 11) is 1.64. The number of thiazole rings is 1. The van der Waals surface area contributed by atoms with Gasteiger partial charge in [0.25, 0.3) is 5.91 Å². The van der Waals surface area contributed by atoms with Crippen LogP contribution in [0.25, 0.3) is 10.6 Å². The molecule has 0 aliphatic carbocycles. The molecule has 3 rings (SSSR count). The summed E-state index contributed by atoms with van der Waals surface area (Å²) >= 11 is 1.53. The molecule has 0 saturated heterocycles. The average molecular weight is 340 g/mol. The molecular formula is C18H16N2O3S. The van der Waals surface area contributed by atoms with Crippen molar-refractivity contribution < 1.29 is 14.3 Å². The van der Waals surface area contributed by atoms with Crippen molar-refractivity contribution in [2.24, 2.45) is 5.73 Å². The minimum Gasteiger partial charge on any atom is -0.497 e. The zero-order chi connectivity index (χ0) is 16.9. The van der Waals surface area contributed by atoms with Crippen LogP contribution in [0.3, 0.4) is 0 Å². The van der Waals surface area contributed by atoms with Gasteiger partial charge >= 0.3 is 0 Å². The van der Waals surface area contributed by atoms with Gasteiger partial charge in [-0.3, -0.25) is 4.79 Å². The van der Waals surface area contributed by atoms with Crippen molar-refractivity contribution in [3.05, 3.63) is 65.2 Å². The molecule has 0 atom stereocenters. The molecule has 122 valence electrons. The molecule has 0 fully saturated rings. The average Bonchev–Trinajstić information content (AvgIpc) is 3.09. The van der Waals surface area contributed by atoms with Crippen molar-refractivity contribution >= 4 is 17.2 Å².